The van der Waals surface area contributed by atoms with Gasteiger partial charge in [-0.2, -0.15) is 0 Å². The average Bonchev–Trinajstić information content (AvgIpc) is 2.72. The van der Waals surface area contributed by atoms with Crippen LogP contribution < -0.4 is 4.74 Å². The molecule has 26 heavy (non-hydrogen) atoms. The summed E-state index contributed by atoms with van der Waals surface area (Å²) in [6, 6.07) is 4.16. The molecular formula is C24H39NO. The summed E-state index contributed by atoms with van der Waals surface area (Å²) in [5.74, 6) is 4.90. The average molecular weight is 358 g/mol. The summed E-state index contributed by atoms with van der Waals surface area (Å²) < 4.78 is 5.19. The quantitative estimate of drug-likeness (QED) is 0.509. The molecule has 2 saturated carbocycles. The summed E-state index contributed by atoms with van der Waals surface area (Å²) in [6.07, 6.45) is 20.6. The summed E-state index contributed by atoms with van der Waals surface area (Å²) in [4.78, 5) is 4.52. The Kier molecular flexibility index (Phi) is 7.83. The van der Waals surface area contributed by atoms with E-state index in [0.29, 0.717) is 0 Å². The Bertz CT molecular complexity index is 495. The van der Waals surface area contributed by atoms with Crippen LogP contribution in [-0.2, 0) is 6.42 Å². The number of hydrogen-bond donors (Lipinski definition) is 0. The molecule has 0 aromatic carbocycles. The standard InChI is InChI=1S/C24H39NO/c1-3-19-4-6-20(7-5-19)8-9-21-10-12-22(13-11-21)14-15-23-16-17-24(26-2)18-25-23/h16-22H,3-15H2,1-2H3. The van der Waals surface area contributed by atoms with Crippen molar-refractivity contribution in [3.63, 3.8) is 0 Å². The SMILES string of the molecule is CCC1CCC(CCC2CCC(CCc3ccc(OC)cn3)CC2)CC1. The van der Waals surface area contributed by atoms with Gasteiger partial charge in [-0.1, -0.05) is 77.6 Å². The normalized spacial score (nSPS) is 29.5. The van der Waals surface area contributed by atoms with Crippen LogP contribution in [0.15, 0.2) is 18.3 Å². The number of pyridine rings is 1. The molecule has 1 aromatic heterocycles. The van der Waals surface area contributed by atoms with Gasteiger partial charge in [0.15, 0.2) is 0 Å². The van der Waals surface area contributed by atoms with Gasteiger partial charge in [0, 0.05) is 5.69 Å². The Morgan fingerprint density at radius 1 is 0.808 bits per heavy atom. The largest absolute Gasteiger partial charge is 0.495 e. The first-order valence-electron chi connectivity index (χ1n) is 11.3. The lowest BCUT2D eigenvalue weighted by atomic mass is 9.74. The van der Waals surface area contributed by atoms with Crippen LogP contribution in [0.4, 0.5) is 0 Å². The lowest BCUT2D eigenvalue weighted by Gasteiger charge is -2.31. The number of ether oxygens (including phenoxy) is 1. The smallest absolute Gasteiger partial charge is 0.137 e. The highest BCUT2D eigenvalue weighted by Gasteiger charge is 2.24. The third kappa shape index (κ3) is 5.99. The van der Waals surface area contributed by atoms with E-state index >= 15 is 0 Å². The number of rotatable bonds is 8. The minimum absolute atomic E-state index is 0.859. The van der Waals surface area contributed by atoms with Gasteiger partial charge in [0.1, 0.15) is 5.75 Å². The van der Waals surface area contributed by atoms with Gasteiger partial charge in [-0.05, 0) is 48.6 Å². The van der Waals surface area contributed by atoms with E-state index in [2.05, 4.69) is 18.0 Å². The van der Waals surface area contributed by atoms with Crippen molar-refractivity contribution in [2.24, 2.45) is 23.7 Å². The molecule has 2 aliphatic rings. The number of methoxy groups -OCH3 is 1. The second-order valence-corrected chi connectivity index (χ2v) is 8.99. The van der Waals surface area contributed by atoms with E-state index in [-0.39, 0.29) is 0 Å². The van der Waals surface area contributed by atoms with Gasteiger partial charge in [-0.3, -0.25) is 4.98 Å². The molecule has 2 nitrogen and oxygen atoms in total. The molecule has 2 fully saturated rings. The summed E-state index contributed by atoms with van der Waals surface area (Å²) in [5, 5.41) is 0. The van der Waals surface area contributed by atoms with Gasteiger partial charge < -0.3 is 4.74 Å². The second-order valence-electron chi connectivity index (χ2n) is 8.99. The molecule has 2 aliphatic carbocycles. The fraction of sp³-hybridized carbons (Fsp3) is 0.792. The Balaban J connectivity index is 1.29. The minimum atomic E-state index is 0.859. The van der Waals surface area contributed by atoms with Crippen molar-refractivity contribution in [1.82, 2.24) is 4.98 Å². The van der Waals surface area contributed by atoms with Crippen molar-refractivity contribution >= 4 is 0 Å². The highest BCUT2D eigenvalue weighted by molar-refractivity contribution is 5.19. The number of hydrogen-bond acceptors (Lipinski definition) is 2. The minimum Gasteiger partial charge on any atom is -0.495 e. The van der Waals surface area contributed by atoms with Crippen LogP contribution in [0.1, 0.15) is 89.7 Å². The summed E-state index contributed by atoms with van der Waals surface area (Å²) in [5.41, 5.74) is 1.22. The molecule has 2 heteroatoms. The number of aromatic nitrogens is 1. The molecule has 0 spiro atoms. The summed E-state index contributed by atoms with van der Waals surface area (Å²) >= 11 is 0. The molecule has 0 saturated heterocycles. The molecule has 146 valence electrons. The fourth-order valence-corrected chi connectivity index (χ4v) is 5.24. The first-order chi connectivity index (χ1) is 12.8. The first kappa shape index (κ1) is 19.7. The monoisotopic (exact) mass is 357 g/mol. The van der Waals surface area contributed by atoms with Crippen LogP contribution in [0.2, 0.25) is 0 Å². The van der Waals surface area contributed by atoms with Crippen LogP contribution >= 0.6 is 0 Å². The van der Waals surface area contributed by atoms with E-state index in [0.717, 1.165) is 35.8 Å². The van der Waals surface area contributed by atoms with E-state index in [1.807, 2.05) is 12.3 Å². The zero-order valence-electron chi connectivity index (χ0n) is 17.1. The van der Waals surface area contributed by atoms with Crippen molar-refractivity contribution in [2.75, 3.05) is 7.11 Å². The third-order valence-corrected chi connectivity index (χ3v) is 7.34. The van der Waals surface area contributed by atoms with Crippen LogP contribution in [-0.4, -0.2) is 12.1 Å². The molecule has 1 aromatic rings. The fourth-order valence-electron chi connectivity index (χ4n) is 5.24. The third-order valence-electron chi connectivity index (χ3n) is 7.34. The van der Waals surface area contributed by atoms with Gasteiger partial charge in [0.2, 0.25) is 0 Å². The molecule has 0 aliphatic heterocycles. The molecule has 0 amide bonds. The molecule has 0 N–H and O–H groups in total. The molecule has 3 rings (SSSR count). The Morgan fingerprint density at radius 3 is 1.81 bits per heavy atom. The molecule has 0 atom stereocenters. The predicted octanol–water partition coefficient (Wildman–Crippen LogP) is 6.83. The molecule has 1 heterocycles. The van der Waals surface area contributed by atoms with Gasteiger partial charge in [0.25, 0.3) is 0 Å². The zero-order valence-corrected chi connectivity index (χ0v) is 17.1. The topological polar surface area (TPSA) is 22.1 Å². The van der Waals surface area contributed by atoms with Crippen molar-refractivity contribution in [2.45, 2.75) is 90.4 Å². The molecular weight excluding hydrogens is 318 g/mol. The number of nitrogens with zero attached hydrogens (tertiary/aromatic N) is 1. The van der Waals surface area contributed by atoms with E-state index in [4.69, 9.17) is 4.74 Å². The first-order valence-corrected chi connectivity index (χ1v) is 11.3. The van der Waals surface area contributed by atoms with Crippen LogP contribution in [0.5, 0.6) is 5.75 Å². The van der Waals surface area contributed by atoms with Crippen LogP contribution in [0, 0.1) is 23.7 Å². The molecule has 0 bridgehead atoms. The maximum atomic E-state index is 5.19. The van der Waals surface area contributed by atoms with Gasteiger partial charge >= 0.3 is 0 Å². The van der Waals surface area contributed by atoms with E-state index in [1.165, 1.54) is 82.7 Å². The Labute approximate surface area is 161 Å². The van der Waals surface area contributed by atoms with Crippen molar-refractivity contribution in [3.8, 4) is 5.75 Å². The van der Waals surface area contributed by atoms with Gasteiger partial charge in [-0.15, -0.1) is 0 Å². The van der Waals surface area contributed by atoms with Crippen LogP contribution in [0.25, 0.3) is 0 Å². The second kappa shape index (κ2) is 10.3. The summed E-state index contributed by atoms with van der Waals surface area (Å²) in [6.45, 7) is 2.37. The maximum absolute atomic E-state index is 5.19. The number of aryl methyl sites for hydroxylation is 1. The highest BCUT2D eigenvalue weighted by atomic mass is 16.5. The maximum Gasteiger partial charge on any atom is 0.137 e. The Morgan fingerprint density at radius 2 is 1.35 bits per heavy atom. The molecule has 0 radical (unpaired) electrons. The van der Waals surface area contributed by atoms with Crippen molar-refractivity contribution < 1.29 is 4.74 Å². The van der Waals surface area contributed by atoms with Gasteiger partial charge in [0.05, 0.1) is 13.3 Å². The Hall–Kier alpha value is -1.05. The lowest BCUT2D eigenvalue weighted by molar-refractivity contribution is 0.211. The summed E-state index contributed by atoms with van der Waals surface area (Å²) in [7, 11) is 1.70. The molecule has 0 unspecified atom stereocenters. The van der Waals surface area contributed by atoms with Crippen molar-refractivity contribution in [1.29, 1.82) is 0 Å². The van der Waals surface area contributed by atoms with E-state index in [1.54, 1.807) is 7.11 Å². The zero-order chi connectivity index (χ0) is 18.2. The van der Waals surface area contributed by atoms with E-state index < -0.39 is 0 Å². The van der Waals surface area contributed by atoms with Gasteiger partial charge in [-0.25, -0.2) is 0 Å². The van der Waals surface area contributed by atoms with E-state index in [9.17, 15) is 0 Å². The van der Waals surface area contributed by atoms with Crippen LogP contribution in [0.3, 0.4) is 0 Å². The predicted molar refractivity (Wildman–Crippen MR) is 110 cm³/mol. The lowest BCUT2D eigenvalue weighted by Crippen LogP contribution is -2.18. The van der Waals surface area contributed by atoms with Crippen molar-refractivity contribution in [3.05, 3.63) is 24.0 Å². The highest BCUT2D eigenvalue weighted by Crippen LogP contribution is 2.38.